The number of rotatable bonds is 3. The van der Waals surface area contributed by atoms with Gasteiger partial charge in [-0.05, 0) is 42.6 Å². The number of hydrogen-bond donors (Lipinski definition) is 2. The minimum atomic E-state index is -0.106. The zero-order valence-electron chi connectivity index (χ0n) is 10.6. The molecule has 1 aromatic carbocycles. The zero-order valence-corrected chi connectivity index (χ0v) is 10.6. The van der Waals surface area contributed by atoms with Crippen LogP contribution in [0.15, 0.2) is 47.0 Å². The molecule has 0 aliphatic heterocycles. The average Bonchev–Trinajstić information content (AvgIpc) is 3.03. The van der Waals surface area contributed by atoms with Crippen molar-refractivity contribution in [2.24, 2.45) is 0 Å². The normalized spacial score (nSPS) is 10.8. The second-order valence-electron chi connectivity index (χ2n) is 4.47. The van der Waals surface area contributed by atoms with Gasteiger partial charge in [0.25, 0.3) is 5.91 Å². The number of aromatic nitrogens is 1. The minimum Gasteiger partial charge on any atom is -0.465 e. The summed E-state index contributed by atoms with van der Waals surface area (Å²) in [5, 5.41) is 3.93. The summed E-state index contributed by atoms with van der Waals surface area (Å²) in [6, 6.07) is 11.3. The molecule has 4 heteroatoms. The highest BCUT2D eigenvalue weighted by Gasteiger charge is 2.07. The lowest BCUT2D eigenvalue weighted by molar-refractivity contribution is 0.0948. The van der Waals surface area contributed by atoms with E-state index in [1.807, 2.05) is 49.5 Å². The summed E-state index contributed by atoms with van der Waals surface area (Å²) in [4.78, 5) is 15.1. The van der Waals surface area contributed by atoms with Gasteiger partial charge < -0.3 is 14.7 Å². The quantitative estimate of drug-likeness (QED) is 0.754. The van der Waals surface area contributed by atoms with E-state index in [0.717, 1.165) is 22.4 Å². The third-order valence-electron chi connectivity index (χ3n) is 3.04. The molecule has 19 heavy (non-hydrogen) atoms. The molecule has 4 nitrogen and oxygen atoms in total. The highest BCUT2D eigenvalue weighted by Crippen LogP contribution is 2.14. The highest BCUT2D eigenvalue weighted by molar-refractivity contribution is 5.97. The number of hydrogen-bond acceptors (Lipinski definition) is 2. The van der Waals surface area contributed by atoms with Crippen molar-refractivity contribution in [3.05, 3.63) is 59.7 Å². The Labute approximate surface area is 110 Å². The van der Waals surface area contributed by atoms with Gasteiger partial charge >= 0.3 is 0 Å². The minimum absolute atomic E-state index is 0.106. The van der Waals surface area contributed by atoms with Crippen molar-refractivity contribution in [1.82, 2.24) is 10.3 Å². The summed E-state index contributed by atoms with van der Waals surface area (Å²) in [5.74, 6) is 1.49. The molecule has 2 aromatic heterocycles. The summed E-state index contributed by atoms with van der Waals surface area (Å²) in [5.41, 5.74) is 1.60. The van der Waals surface area contributed by atoms with E-state index in [2.05, 4.69) is 10.3 Å². The van der Waals surface area contributed by atoms with E-state index in [1.165, 1.54) is 0 Å². The van der Waals surface area contributed by atoms with Crippen molar-refractivity contribution in [3.63, 3.8) is 0 Å². The van der Waals surface area contributed by atoms with E-state index >= 15 is 0 Å². The Morgan fingerprint density at radius 3 is 2.95 bits per heavy atom. The first-order chi connectivity index (χ1) is 9.22. The van der Waals surface area contributed by atoms with Crippen molar-refractivity contribution in [2.45, 2.75) is 13.5 Å². The molecular formula is C15H14N2O2. The molecule has 2 N–H and O–H groups in total. The number of carbonyl (C=O) groups excluding carboxylic acids is 1. The standard InChI is InChI=1S/C15H14N2O2/c1-10-2-5-13(19-10)9-17-15(18)12-4-3-11-6-7-16-14(11)8-12/h2-8,16H,9H2,1H3,(H,17,18). The number of furan rings is 1. The van der Waals surface area contributed by atoms with Crippen LogP contribution in [0.25, 0.3) is 10.9 Å². The molecule has 0 radical (unpaired) electrons. The number of fused-ring (bicyclic) bond motifs is 1. The topological polar surface area (TPSA) is 58.0 Å². The van der Waals surface area contributed by atoms with Crippen molar-refractivity contribution in [2.75, 3.05) is 0 Å². The fraction of sp³-hybridized carbons (Fsp3) is 0.133. The molecule has 3 aromatic rings. The fourth-order valence-corrected chi connectivity index (χ4v) is 2.04. The number of aromatic amines is 1. The van der Waals surface area contributed by atoms with Gasteiger partial charge in [-0.15, -0.1) is 0 Å². The van der Waals surface area contributed by atoms with Crippen LogP contribution in [0.4, 0.5) is 0 Å². The molecule has 96 valence electrons. The van der Waals surface area contributed by atoms with E-state index in [4.69, 9.17) is 4.42 Å². The first kappa shape index (κ1) is 11.6. The van der Waals surface area contributed by atoms with Crippen molar-refractivity contribution in [3.8, 4) is 0 Å². The Balaban J connectivity index is 1.72. The van der Waals surface area contributed by atoms with Crippen LogP contribution in [0.3, 0.4) is 0 Å². The number of benzene rings is 1. The zero-order chi connectivity index (χ0) is 13.2. The summed E-state index contributed by atoms with van der Waals surface area (Å²) >= 11 is 0. The summed E-state index contributed by atoms with van der Waals surface area (Å²) < 4.78 is 5.41. The monoisotopic (exact) mass is 254 g/mol. The first-order valence-electron chi connectivity index (χ1n) is 6.13. The van der Waals surface area contributed by atoms with Gasteiger partial charge in [0.05, 0.1) is 6.54 Å². The molecule has 0 bridgehead atoms. The average molecular weight is 254 g/mol. The molecule has 0 unspecified atom stereocenters. The summed E-state index contributed by atoms with van der Waals surface area (Å²) in [6.07, 6.45) is 1.86. The van der Waals surface area contributed by atoms with Crippen LogP contribution in [0.5, 0.6) is 0 Å². The van der Waals surface area contributed by atoms with Gasteiger partial charge in [0.1, 0.15) is 11.5 Å². The number of nitrogens with one attached hydrogen (secondary N) is 2. The lowest BCUT2D eigenvalue weighted by Gasteiger charge is -2.03. The number of aryl methyl sites for hydroxylation is 1. The molecular weight excluding hydrogens is 240 g/mol. The van der Waals surface area contributed by atoms with Gasteiger partial charge in [0, 0.05) is 17.3 Å². The van der Waals surface area contributed by atoms with Gasteiger partial charge in [-0.2, -0.15) is 0 Å². The maximum atomic E-state index is 12.0. The largest absolute Gasteiger partial charge is 0.465 e. The Kier molecular flexibility index (Phi) is 2.83. The maximum Gasteiger partial charge on any atom is 0.251 e. The van der Waals surface area contributed by atoms with Crippen LogP contribution >= 0.6 is 0 Å². The van der Waals surface area contributed by atoms with Crippen molar-refractivity contribution < 1.29 is 9.21 Å². The summed E-state index contributed by atoms with van der Waals surface area (Å²) in [6.45, 7) is 2.28. The van der Waals surface area contributed by atoms with Crippen LogP contribution in [0, 0.1) is 6.92 Å². The molecule has 2 heterocycles. The lowest BCUT2D eigenvalue weighted by atomic mass is 10.1. The van der Waals surface area contributed by atoms with E-state index < -0.39 is 0 Å². The number of carbonyl (C=O) groups is 1. The van der Waals surface area contributed by atoms with Crippen molar-refractivity contribution >= 4 is 16.8 Å². The Bertz CT molecular complexity index is 724. The van der Waals surface area contributed by atoms with Gasteiger partial charge in [0.2, 0.25) is 0 Å². The molecule has 0 aliphatic carbocycles. The van der Waals surface area contributed by atoms with Crippen molar-refractivity contribution in [1.29, 1.82) is 0 Å². The van der Waals surface area contributed by atoms with Crippen LogP contribution in [-0.2, 0) is 6.54 Å². The molecule has 3 rings (SSSR count). The van der Waals surface area contributed by atoms with Gasteiger partial charge in [-0.3, -0.25) is 4.79 Å². The van der Waals surface area contributed by atoms with E-state index in [9.17, 15) is 4.79 Å². The van der Waals surface area contributed by atoms with E-state index in [-0.39, 0.29) is 5.91 Å². The van der Waals surface area contributed by atoms with Crippen LogP contribution < -0.4 is 5.32 Å². The second kappa shape index (κ2) is 4.65. The number of amides is 1. The lowest BCUT2D eigenvalue weighted by Crippen LogP contribution is -2.22. The predicted molar refractivity (Wildman–Crippen MR) is 72.9 cm³/mol. The SMILES string of the molecule is Cc1ccc(CNC(=O)c2ccc3cc[nH]c3c2)o1. The van der Waals surface area contributed by atoms with Gasteiger partial charge in [0.15, 0.2) is 0 Å². The van der Waals surface area contributed by atoms with E-state index in [1.54, 1.807) is 0 Å². The molecule has 0 fully saturated rings. The first-order valence-corrected chi connectivity index (χ1v) is 6.13. The third kappa shape index (κ3) is 2.38. The maximum absolute atomic E-state index is 12.0. The molecule has 0 atom stereocenters. The van der Waals surface area contributed by atoms with Crippen LogP contribution in [-0.4, -0.2) is 10.9 Å². The number of H-pyrrole nitrogens is 1. The Hall–Kier alpha value is -2.49. The predicted octanol–water partition coefficient (Wildman–Crippen LogP) is 3.00. The highest BCUT2D eigenvalue weighted by atomic mass is 16.3. The van der Waals surface area contributed by atoms with Gasteiger partial charge in [-0.1, -0.05) is 6.07 Å². The Morgan fingerprint density at radius 2 is 2.16 bits per heavy atom. The second-order valence-corrected chi connectivity index (χ2v) is 4.47. The summed E-state index contributed by atoms with van der Waals surface area (Å²) in [7, 11) is 0. The van der Waals surface area contributed by atoms with Crippen LogP contribution in [0.1, 0.15) is 21.9 Å². The molecule has 0 saturated carbocycles. The molecule has 0 saturated heterocycles. The molecule has 0 aliphatic rings. The molecule has 1 amide bonds. The van der Waals surface area contributed by atoms with Gasteiger partial charge in [-0.25, -0.2) is 0 Å². The molecule has 0 spiro atoms. The fourth-order valence-electron chi connectivity index (χ4n) is 2.04. The Morgan fingerprint density at radius 1 is 1.26 bits per heavy atom. The van der Waals surface area contributed by atoms with Crippen LogP contribution in [0.2, 0.25) is 0 Å². The smallest absolute Gasteiger partial charge is 0.251 e. The third-order valence-corrected chi connectivity index (χ3v) is 3.04. The van der Waals surface area contributed by atoms with E-state index in [0.29, 0.717) is 12.1 Å².